The van der Waals surface area contributed by atoms with Crippen LogP contribution in [0.3, 0.4) is 0 Å². The van der Waals surface area contributed by atoms with Gasteiger partial charge in [-0.3, -0.25) is 4.79 Å². The largest absolute Gasteiger partial charge is 0.356 e. The Hall–Kier alpha value is -1.58. The molecule has 1 aromatic heterocycles. The van der Waals surface area contributed by atoms with Crippen LogP contribution in [0.2, 0.25) is 0 Å². The molecule has 1 aromatic rings. The number of carbonyl (C=O) groups excluding carboxylic acids is 1. The summed E-state index contributed by atoms with van der Waals surface area (Å²) >= 11 is 0. The maximum absolute atomic E-state index is 11.8. The maximum atomic E-state index is 11.8. The van der Waals surface area contributed by atoms with Gasteiger partial charge >= 0.3 is 0 Å². The van der Waals surface area contributed by atoms with Crippen LogP contribution >= 0.6 is 24.0 Å². The number of aliphatic imine (C=N–C) groups is 1. The molecule has 0 atom stereocenters. The number of likely N-dealkylation sites (N-methyl/N-ethyl adjacent to an activating group) is 1. The van der Waals surface area contributed by atoms with Crippen molar-refractivity contribution >= 4 is 41.7 Å². The normalized spacial score (nSPS) is 17.9. The van der Waals surface area contributed by atoms with Crippen LogP contribution in [-0.4, -0.2) is 67.6 Å². The summed E-state index contributed by atoms with van der Waals surface area (Å²) < 4.78 is 0. The first-order valence-electron chi connectivity index (χ1n) is 9.47. The summed E-state index contributed by atoms with van der Waals surface area (Å²) in [6, 6.07) is 7.05. The number of aromatic nitrogens is 1. The van der Waals surface area contributed by atoms with Gasteiger partial charge in [0.05, 0.1) is 0 Å². The predicted octanol–water partition coefficient (Wildman–Crippen LogP) is 1.76. The summed E-state index contributed by atoms with van der Waals surface area (Å²) in [5.74, 6) is 1.85. The summed E-state index contributed by atoms with van der Waals surface area (Å²) in [4.78, 5) is 24.8. The smallest absolute Gasteiger partial charge is 0.243 e. The van der Waals surface area contributed by atoms with Crippen LogP contribution in [-0.2, 0) is 4.79 Å². The summed E-state index contributed by atoms with van der Waals surface area (Å²) in [5.41, 5.74) is 1.05. The van der Waals surface area contributed by atoms with E-state index in [1.54, 1.807) is 19.0 Å². The fraction of sp³-hybridized carbons (Fsp3) is 0.632. The van der Waals surface area contributed by atoms with Crippen molar-refractivity contribution in [3.8, 4) is 0 Å². The SMILES string of the molecule is Cc1cccc(N2CCC(NC(=NCC(=O)N(C)C)NC3CC3)CC2)n1.I. The molecule has 1 aliphatic carbocycles. The number of halogens is 1. The molecule has 2 heterocycles. The van der Waals surface area contributed by atoms with Crippen LogP contribution in [0, 0.1) is 6.92 Å². The van der Waals surface area contributed by atoms with Crippen molar-refractivity contribution in [3.63, 3.8) is 0 Å². The zero-order valence-corrected chi connectivity index (χ0v) is 18.8. The van der Waals surface area contributed by atoms with Gasteiger partial charge in [-0.05, 0) is 44.7 Å². The highest BCUT2D eigenvalue weighted by Gasteiger charge is 2.25. The first kappa shape index (κ1) is 21.7. The van der Waals surface area contributed by atoms with E-state index in [2.05, 4.69) is 37.6 Å². The van der Waals surface area contributed by atoms with Crippen molar-refractivity contribution in [2.24, 2.45) is 4.99 Å². The molecule has 7 nitrogen and oxygen atoms in total. The maximum Gasteiger partial charge on any atom is 0.243 e. The van der Waals surface area contributed by atoms with Gasteiger partial charge in [0.15, 0.2) is 5.96 Å². The molecule has 2 N–H and O–H groups in total. The van der Waals surface area contributed by atoms with Crippen LogP contribution in [0.5, 0.6) is 0 Å². The monoisotopic (exact) mass is 486 g/mol. The molecule has 1 saturated heterocycles. The van der Waals surface area contributed by atoms with Crippen molar-refractivity contribution in [2.45, 2.75) is 44.7 Å². The lowest BCUT2D eigenvalue weighted by molar-refractivity contribution is -0.127. The molecule has 0 bridgehead atoms. The van der Waals surface area contributed by atoms with Gasteiger partial charge in [0.2, 0.25) is 5.91 Å². The van der Waals surface area contributed by atoms with E-state index in [1.165, 1.54) is 12.8 Å². The molecule has 0 aromatic carbocycles. The van der Waals surface area contributed by atoms with E-state index in [4.69, 9.17) is 0 Å². The Kier molecular flexibility index (Phi) is 8.12. The molecule has 1 amide bonds. The Bertz CT molecular complexity index is 653. The molecule has 1 aliphatic heterocycles. The number of amides is 1. The molecule has 150 valence electrons. The number of guanidine groups is 1. The number of pyridine rings is 1. The number of aryl methyl sites for hydroxylation is 1. The van der Waals surface area contributed by atoms with E-state index in [1.807, 2.05) is 13.0 Å². The Balaban J connectivity index is 0.00000261. The minimum atomic E-state index is 0. The fourth-order valence-corrected chi connectivity index (χ4v) is 2.99. The first-order valence-corrected chi connectivity index (χ1v) is 9.47. The average molecular weight is 486 g/mol. The quantitative estimate of drug-likeness (QED) is 0.377. The van der Waals surface area contributed by atoms with Crippen LogP contribution in [0.15, 0.2) is 23.2 Å². The van der Waals surface area contributed by atoms with Crippen LogP contribution < -0.4 is 15.5 Å². The molecule has 2 fully saturated rings. The zero-order chi connectivity index (χ0) is 18.5. The third-order valence-corrected chi connectivity index (χ3v) is 4.82. The van der Waals surface area contributed by atoms with E-state index in [9.17, 15) is 4.79 Å². The molecule has 1 saturated carbocycles. The Morgan fingerprint density at radius 3 is 2.37 bits per heavy atom. The highest BCUT2D eigenvalue weighted by atomic mass is 127. The Morgan fingerprint density at radius 2 is 1.81 bits per heavy atom. The predicted molar refractivity (Wildman–Crippen MR) is 120 cm³/mol. The summed E-state index contributed by atoms with van der Waals surface area (Å²) in [6.45, 7) is 4.16. The van der Waals surface area contributed by atoms with Gasteiger partial charge in [-0.25, -0.2) is 9.98 Å². The van der Waals surface area contributed by atoms with Crippen molar-refractivity contribution < 1.29 is 4.79 Å². The lowest BCUT2D eigenvalue weighted by atomic mass is 10.1. The van der Waals surface area contributed by atoms with E-state index >= 15 is 0 Å². The molecule has 8 heteroatoms. The molecule has 0 spiro atoms. The van der Waals surface area contributed by atoms with Gasteiger partial charge in [0.25, 0.3) is 0 Å². The number of piperidine rings is 1. The molecular formula is C19H31IN6O. The highest BCUT2D eigenvalue weighted by Crippen LogP contribution is 2.20. The number of anilines is 1. The van der Waals surface area contributed by atoms with Crippen molar-refractivity contribution in [1.82, 2.24) is 20.5 Å². The Labute approximate surface area is 179 Å². The molecule has 0 radical (unpaired) electrons. The Morgan fingerprint density at radius 1 is 1.19 bits per heavy atom. The second kappa shape index (κ2) is 10.1. The van der Waals surface area contributed by atoms with Gasteiger partial charge in [0, 0.05) is 45.0 Å². The lowest BCUT2D eigenvalue weighted by Gasteiger charge is -2.34. The van der Waals surface area contributed by atoms with Gasteiger partial charge in [-0.15, -0.1) is 24.0 Å². The number of nitrogens with zero attached hydrogens (tertiary/aromatic N) is 4. The van der Waals surface area contributed by atoms with Gasteiger partial charge in [-0.1, -0.05) is 6.07 Å². The van der Waals surface area contributed by atoms with Crippen molar-refractivity contribution in [3.05, 3.63) is 23.9 Å². The zero-order valence-electron chi connectivity index (χ0n) is 16.4. The second-order valence-corrected chi connectivity index (χ2v) is 7.41. The van der Waals surface area contributed by atoms with E-state index in [0.29, 0.717) is 12.1 Å². The fourth-order valence-electron chi connectivity index (χ4n) is 2.99. The van der Waals surface area contributed by atoms with E-state index < -0.39 is 0 Å². The van der Waals surface area contributed by atoms with E-state index in [-0.39, 0.29) is 36.4 Å². The number of hydrogen-bond donors (Lipinski definition) is 2. The minimum Gasteiger partial charge on any atom is -0.356 e. The average Bonchev–Trinajstić information content (AvgIpc) is 3.44. The van der Waals surface area contributed by atoms with Gasteiger partial charge in [-0.2, -0.15) is 0 Å². The molecule has 27 heavy (non-hydrogen) atoms. The third kappa shape index (κ3) is 6.82. The summed E-state index contributed by atoms with van der Waals surface area (Å²) in [5, 5.41) is 6.95. The van der Waals surface area contributed by atoms with E-state index in [0.717, 1.165) is 43.4 Å². The van der Waals surface area contributed by atoms with Crippen molar-refractivity contribution in [2.75, 3.05) is 38.6 Å². The van der Waals surface area contributed by atoms with Gasteiger partial charge < -0.3 is 20.4 Å². The minimum absolute atomic E-state index is 0. The third-order valence-electron chi connectivity index (χ3n) is 4.82. The number of nitrogens with one attached hydrogen (secondary N) is 2. The number of carbonyl (C=O) groups is 1. The lowest BCUT2D eigenvalue weighted by Crippen LogP contribution is -2.49. The second-order valence-electron chi connectivity index (χ2n) is 7.41. The summed E-state index contributed by atoms with van der Waals surface area (Å²) in [6.07, 6.45) is 4.42. The number of hydrogen-bond acceptors (Lipinski definition) is 4. The topological polar surface area (TPSA) is 72.9 Å². The highest BCUT2D eigenvalue weighted by molar-refractivity contribution is 14.0. The summed E-state index contributed by atoms with van der Waals surface area (Å²) in [7, 11) is 3.52. The molecular weight excluding hydrogens is 455 g/mol. The van der Waals surface area contributed by atoms with Crippen LogP contribution in [0.25, 0.3) is 0 Å². The first-order chi connectivity index (χ1) is 12.5. The standard InChI is InChI=1S/C19H30N6O.HI/c1-14-5-4-6-17(21-14)25-11-9-16(10-12-25)23-19(22-15-7-8-15)20-13-18(26)24(2)3;/h4-6,15-16H,7-13H2,1-3H3,(H2,20,22,23);1H. The van der Waals surface area contributed by atoms with Crippen LogP contribution in [0.1, 0.15) is 31.4 Å². The molecule has 2 aliphatic rings. The van der Waals surface area contributed by atoms with Crippen LogP contribution in [0.4, 0.5) is 5.82 Å². The van der Waals surface area contributed by atoms with Crippen molar-refractivity contribution in [1.29, 1.82) is 0 Å². The molecule has 3 rings (SSSR count). The molecule has 0 unspecified atom stereocenters. The number of rotatable bonds is 5. The van der Waals surface area contributed by atoms with Gasteiger partial charge in [0.1, 0.15) is 12.4 Å².